The third-order valence-corrected chi connectivity index (χ3v) is 5.29. The summed E-state index contributed by atoms with van der Waals surface area (Å²) in [4.78, 5) is 0. The fraction of sp³-hybridized carbons (Fsp3) is 0.889. The van der Waals surface area contributed by atoms with Crippen molar-refractivity contribution < 1.29 is 28.8 Å². The molecular formula is C18H30O6Si. The summed E-state index contributed by atoms with van der Waals surface area (Å²) in [6, 6.07) is 0. The number of rotatable bonds is 2. The van der Waals surface area contributed by atoms with Gasteiger partial charge in [0.15, 0.2) is 17.9 Å². The molecule has 3 aliphatic heterocycles. The van der Waals surface area contributed by atoms with E-state index in [4.69, 9.17) is 23.7 Å². The van der Waals surface area contributed by atoms with Crippen LogP contribution in [0, 0.1) is 11.5 Å². The summed E-state index contributed by atoms with van der Waals surface area (Å²) in [7, 11) is -1.44. The zero-order valence-corrected chi connectivity index (χ0v) is 17.2. The van der Waals surface area contributed by atoms with Gasteiger partial charge in [0.2, 0.25) is 0 Å². The molecule has 0 amide bonds. The van der Waals surface area contributed by atoms with Crippen LogP contribution in [-0.2, 0) is 23.7 Å². The van der Waals surface area contributed by atoms with Crippen molar-refractivity contribution in [2.24, 2.45) is 0 Å². The Labute approximate surface area is 151 Å². The van der Waals surface area contributed by atoms with E-state index in [1.807, 2.05) is 27.7 Å². The zero-order chi connectivity index (χ0) is 18.6. The predicted molar refractivity (Wildman–Crippen MR) is 94.3 cm³/mol. The van der Waals surface area contributed by atoms with Gasteiger partial charge in [0.1, 0.15) is 38.6 Å². The lowest BCUT2D eigenvalue weighted by Gasteiger charge is -2.27. The molecule has 142 valence electrons. The minimum absolute atomic E-state index is 0.259. The van der Waals surface area contributed by atoms with Gasteiger partial charge in [0.25, 0.3) is 0 Å². The van der Waals surface area contributed by atoms with Crippen LogP contribution in [0.2, 0.25) is 19.6 Å². The second-order valence-corrected chi connectivity index (χ2v) is 13.7. The van der Waals surface area contributed by atoms with Gasteiger partial charge >= 0.3 is 0 Å². The van der Waals surface area contributed by atoms with Crippen molar-refractivity contribution >= 4 is 8.07 Å². The van der Waals surface area contributed by atoms with Gasteiger partial charge in [-0.05, 0) is 27.7 Å². The molecule has 3 rings (SSSR count). The quantitative estimate of drug-likeness (QED) is 0.593. The Bertz CT molecular complexity index is 572. The third-order valence-electron chi connectivity index (χ3n) is 4.36. The molecule has 25 heavy (non-hydrogen) atoms. The Balaban J connectivity index is 1.72. The summed E-state index contributed by atoms with van der Waals surface area (Å²) in [5.41, 5.74) is 3.35. The first-order valence-electron chi connectivity index (χ1n) is 8.92. The van der Waals surface area contributed by atoms with Crippen LogP contribution in [0.3, 0.4) is 0 Å². The fourth-order valence-electron chi connectivity index (χ4n) is 3.50. The average Bonchev–Trinajstić information content (AvgIpc) is 2.98. The molecule has 6 atom stereocenters. The van der Waals surface area contributed by atoms with Crippen molar-refractivity contribution in [1.82, 2.24) is 0 Å². The number of ether oxygens (including phenoxy) is 5. The molecule has 0 aromatic carbocycles. The summed E-state index contributed by atoms with van der Waals surface area (Å²) in [6.45, 7) is 14.0. The normalized spacial score (nSPS) is 42.1. The Kier molecular flexibility index (Phi) is 4.87. The lowest BCUT2D eigenvalue weighted by molar-refractivity contribution is -0.232. The number of hydrogen-bond donors (Lipinski definition) is 1. The Hall–Kier alpha value is -0.463. The summed E-state index contributed by atoms with van der Waals surface area (Å²) >= 11 is 0. The third kappa shape index (κ3) is 4.27. The molecule has 6 nitrogen and oxygen atoms in total. The van der Waals surface area contributed by atoms with Gasteiger partial charge in [0, 0.05) is 6.42 Å². The van der Waals surface area contributed by atoms with Crippen LogP contribution in [0.4, 0.5) is 0 Å². The van der Waals surface area contributed by atoms with Gasteiger partial charge < -0.3 is 28.8 Å². The molecule has 7 heteroatoms. The van der Waals surface area contributed by atoms with Gasteiger partial charge in [-0.1, -0.05) is 19.6 Å². The highest BCUT2D eigenvalue weighted by molar-refractivity contribution is 6.83. The second kappa shape index (κ2) is 6.31. The van der Waals surface area contributed by atoms with Gasteiger partial charge in [0.05, 0.1) is 0 Å². The first kappa shape index (κ1) is 19.3. The molecule has 0 bridgehead atoms. The minimum atomic E-state index is -1.44. The van der Waals surface area contributed by atoms with Gasteiger partial charge in [-0.25, -0.2) is 0 Å². The number of aliphatic hydroxyl groups excluding tert-OH is 1. The van der Waals surface area contributed by atoms with E-state index in [0.717, 1.165) is 0 Å². The van der Waals surface area contributed by atoms with Crippen molar-refractivity contribution in [3.05, 3.63) is 0 Å². The van der Waals surface area contributed by atoms with Crippen LogP contribution in [0.1, 0.15) is 34.1 Å². The topological polar surface area (TPSA) is 66.4 Å². The molecule has 0 aromatic rings. The van der Waals surface area contributed by atoms with Crippen LogP contribution in [0.25, 0.3) is 0 Å². The molecule has 0 unspecified atom stereocenters. The largest absolute Gasteiger partial charge is 0.387 e. The number of hydrogen-bond acceptors (Lipinski definition) is 6. The van der Waals surface area contributed by atoms with Crippen molar-refractivity contribution in [2.45, 2.75) is 102 Å². The lowest BCUT2D eigenvalue weighted by atomic mass is 10.00. The molecule has 0 radical (unpaired) electrons. The molecule has 3 saturated heterocycles. The highest BCUT2D eigenvalue weighted by Gasteiger charge is 2.59. The highest BCUT2D eigenvalue weighted by atomic mass is 28.3. The highest BCUT2D eigenvalue weighted by Crippen LogP contribution is 2.42. The predicted octanol–water partition coefficient (Wildman–Crippen LogP) is 2.01. The standard InChI is InChI=1S/C18H30O6Si/c1-17(2)21-11(9-8-10-25(5,6)7)13(22-17)14-12(19)15-16(20-14)24-18(3,4)23-15/h11-16,19H,9H2,1-7H3/t11-,12+,13-,14+,15-,16-/m1/s1. The van der Waals surface area contributed by atoms with E-state index in [1.165, 1.54) is 0 Å². The van der Waals surface area contributed by atoms with E-state index in [2.05, 4.69) is 31.1 Å². The lowest BCUT2D eigenvalue weighted by Crippen LogP contribution is -2.45. The van der Waals surface area contributed by atoms with E-state index in [9.17, 15) is 5.11 Å². The van der Waals surface area contributed by atoms with Crippen molar-refractivity contribution in [1.29, 1.82) is 0 Å². The minimum Gasteiger partial charge on any atom is -0.387 e. The van der Waals surface area contributed by atoms with Crippen molar-refractivity contribution in [3.8, 4) is 11.5 Å². The average molecular weight is 371 g/mol. The van der Waals surface area contributed by atoms with Crippen LogP contribution in [-0.4, -0.2) is 61.6 Å². The number of fused-ring (bicyclic) bond motifs is 1. The summed E-state index contributed by atoms with van der Waals surface area (Å²) in [5, 5.41) is 10.7. The van der Waals surface area contributed by atoms with E-state index in [0.29, 0.717) is 6.42 Å². The van der Waals surface area contributed by atoms with Crippen molar-refractivity contribution in [3.63, 3.8) is 0 Å². The molecule has 0 saturated carbocycles. The Morgan fingerprint density at radius 1 is 0.880 bits per heavy atom. The van der Waals surface area contributed by atoms with E-state index in [1.54, 1.807) is 0 Å². The molecular weight excluding hydrogens is 340 g/mol. The van der Waals surface area contributed by atoms with Crippen LogP contribution in [0.5, 0.6) is 0 Å². The maximum atomic E-state index is 10.7. The van der Waals surface area contributed by atoms with Gasteiger partial charge in [-0.2, -0.15) is 0 Å². The maximum Gasteiger partial charge on any atom is 0.190 e. The molecule has 3 aliphatic rings. The Morgan fingerprint density at radius 3 is 2.08 bits per heavy atom. The molecule has 3 heterocycles. The SMILES string of the molecule is CC1(C)O[C@H]2O[C@H]([C@@H]3OC(C)(C)O[C@@H]3CC#C[Si](C)(C)C)[C@H](O)[C@H]2O1. The summed E-state index contributed by atoms with van der Waals surface area (Å²) < 4.78 is 29.5. The molecule has 0 aliphatic carbocycles. The van der Waals surface area contributed by atoms with Crippen LogP contribution in [0.15, 0.2) is 0 Å². The molecule has 0 aromatic heterocycles. The van der Waals surface area contributed by atoms with Gasteiger partial charge in [-0.3, -0.25) is 0 Å². The maximum absolute atomic E-state index is 10.7. The van der Waals surface area contributed by atoms with E-state index < -0.39 is 50.4 Å². The van der Waals surface area contributed by atoms with Crippen LogP contribution < -0.4 is 0 Å². The monoisotopic (exact) mass is 370 g/mol. The molecule has 1 N–H and O–H groups in total. The zero-order valence-electron chi connectivity index (χ0n) is 16.2. The molecule has 0 spiro atoms. The van der Waals surface area contributed by atoms with E-state index in [-0.39, 0.29) is 6.10 Å². The Morgan fingerprint density at radius 2 is 1.48 bits per heavy atom. The van der Waals surface area contributed by atoms with E-state index >= 15 is 0 Å². The summed E-state index contributed by atoms with van der Waals surface area (Å²) in [5.74, 6) is 1.75. The van der Waals surface area contributed by atoms with Crippen molar-refractivity contribution in [2.75, 3.05) is 0 Å². The molecule has 3 fully saturated rings. The van der Waals surface area contributed by atoms with Crippen LogP contribution >= 0.6 is 0 Å². The first-order chi connectivity index (χ1) is 11.4. The fourth-order valence-corrected chi connectivity index (χ4v) is 4.14. The summed E-state index contributed by atoms with van der Waals surface area (Å²) in [6.07, 6.45) is -2.62. The number of aliphatic hydroxyl groups is 1. The second-order valence-electron chi connectivity index (χ2n) is 8.95. The smallest absolute Gasteiger partial charge is 0.190 e. The van der Waals surface area contributed by atoms with Gasteiger partial charge in [-0.15, -0.1) is 11.5 Å². The first-order valence-corrected chi connectivity index (χ1v) is 12.4.